The zero-order valence-electron chi connectivity index (χ0n) is 6.13. The molecule has 4 nitrogen and oxygen atoms in total. The summed E-state index contributed by atoms with van der Waals surface area (Å²) < 4.78 is 4.70. The number of nitrogens with zero attached hydrogens (tertiary/aromatic N) is 1. The molecular weight excluding hydrogens is 162 g/mol. The van der Waals surface area contributed by atoms with E-state index < -0.39 is 5.97 Å². The van der Waals surface area contributed by atoms with Crippen LogP contribution in [0.5, 0.6) is 0 Å². The summed E-state index contributed by atoms with van der Waals surface area (Å²) in [6.45, 7) is 2.12. The van der Waals surface area contributed by atoms with Gasteiger partial charge >= 0.3 is 66.4 Å². The van der Waals surface area contributed by atoms with Gasteiger partial charge in [-0.15, -0.1) is 0 Å². The quantitative estimate of drug-likeness (QED) is 0.477. The van der Waals surface area contributed by atoms with Crippen LogP contribution in [0.1, 0.15) is 17.5 Å². The second-order valence-electron chi connectivity index (χ2n) is 1.89. The van der Waals surface area contributed by atoms with Crippen molar-refractivity contribution in [3.8, 4) is 0 Å². The molecule has 0 aliphatic heterocycles. The SMILES string of the molecule is CCOC(=O)c1nc(P)b[nH]1. The van der Waals surface area contributed by atoms with Gasteiger partial charge in [-0.25, -0.2) is 0 Å². The third-order valence-electron chi connectivity index (χ3n) is 1.07. The number of esters is 1. The van der Waals surface area contributed by atoms with Gasteiger partial charge in [0.25, 0.3) is 0 Å². The van der Waals surface area contributed by atoms with Crippen LogP contribution in [-0.2, 0) is 4.74 Å². The number of carbonyl (C=O) groups is 1. The van der Waals surface area contributed by atoms with Gasteiger partial charge in [0, 0.05) is 0 Å². The zero-order valence-corrected chi connectivity index (χ0v) is 7.28. The number of hydrogen-bond donors (Lipinski definition) is 1. The van der Waals surface area contributed by atoms with E-state index in [-0.39, 0.29) is 5.82 Å². The molecule has 1 heterocycles. The van der Waals surface area contributed by atoms with Crippen molar-refractivity contribution in [1.82, 2.24) is 9.88 Å². The van der Waals surface area contributed by atoms with Crippen molar-refractivity contribution in [2.45, 2.75) is 6.92 Å². The molecule has 1 rings (SSSR count). The Balaban J connectivity index is 2.69. The Hall–Kier alpha value is -0.695. The third-order valence-corrected chi connectivity index (χ3v) is 1.36. The molecule has 6 heteroatoms. The summed E-state index contributed by atoms with van der Waals surface area (Å²) in [6.07, 6.45) is 0. The van der Waals surface area contributed by atoms with Gasteiger partial charge in [-0.3, -0.25) is 0 Å². The fraction of sp³-hybridized carbons (Fsp3) is 0.400. The molecule has 1 N–H and O–H groups in total. The molecule has 0 radical (unpaired) electrons. The number of H-pyrrole nitrogens is 1. The second-order valence-corrected chi connectivity index (χ2v) is 2.49. The number of hydrogen-bond acceptors (Lipinski definition) is 3. The van der Waals surface area contributed by atoms with E-state index >= 15 is 0 Å². The Kier molecular flexibility index (Phi) is 2.77. The standard InChI is InChI=1S/C5H8BN2O2P/c1-2-10-4(9)3-7-5(11)6-8-3/h2,11H2,1H3,(H,7,8). The number of nitrogens with one attached hydrogen (secondary N) is 1. The van der Waals surface area contributed by atoms with Crippen LogP contribution in [0.4, 0.5) is 0 Å². The monoisotopic (exact) mass is 170 g/mol. The molecule has 11 heavy (non-hydrogen) atoms. The minimum atomic E-state index is -0.416. The van der Waals surface area contributed by atoms with E-state index in [1.54, 1.807) is 14.0 Å². The first-order chi connectivity index (χ1) is 5.24. The predicted molar refractivity (Wildman–Crippen MR) is 45.2 cm³/mol. The van der Waals surface area contributed by atoms with Gasteiger partial charge in [-0.1, -0.05) is 0 Å². The summed E-state index contributed by atoms with van der Waals surface area (Å²) in [6, 6.07) is 0. The van der Waals surface area contributed by atoms with Crippen molar-refractivity contribution < 1.29 is 9.53 Å². The number of rotatable bonds is 2. The molecule has 0 aromatic carbocycles. The molecule has 1 aromatic rings. The zero-order chi connectivity index (χ0) is 8.27. The fourth-order valence-electron chi connectivity index (χ4n) is 0.640. The van der Waals surface area contributed by atoms with Crippen molar-refractivity contribution in [3.63, 3.8) is 0 Å². The molecule has 0 amide bonds. The molecule has 1 aromatic heterocycles. The van der Waals surface area contributed by atoms with Crippen LogP contribution in [0.25, 0.3) is 0 Å². The van der Waals surface area contributed by atoms with E-state index in [1.807, 2.05) is 0 Å². The molecule has 1 unspecified atom stereocenters. The van der Waals surface area contributed by atoms with Crippen molar-refractivity contribution in [2.24, 2.45) is 0 Å². The van der Waals surface area contributed by atoms with Gasteiger partial charge in [0.1, 0.15) is 0 Å². The first-order valence-electron chi connectivity index (χ1n) is 3.22. The molecular formula is C5H8BN2O2P. The fourth-order valence-corrected chi connectivity index (χ4v) is 0.852. The number of ether oxygens (including phenoxy) is 1. The average Bonchev–Trinajstić information content (AvgIpc) is 2.36. The van der Waals surface area contributed by atoms with Crippen LogP contribution in [0.15, 0.2) is 0 Å². The Morgan fingerprint density at radius 2 is 2.64 bits per heavy atom. The number of carbonyl (C=O) groups excluding carboxylic acids is 1. The van der Waals surface area contributed by atoms with Crippen molar-refractivity contribution in [3.05, 3.63) is 5.82 Å². The van der Waals surface area contributed by atoms with Crippen LogP contribution in [0.2, 0.25) is 0 Å². The Labute approximate surface area is 67.2 Å². The molecule has 0 bridgehead atoms. The van der Waals surface area contributed by atoms with Crippen LogP contribution >= 0.6 is 9.24 Å². The van der Waals surface area contributed by atoms with E-state index in [9.17, 15) is 4.79 Å². The van der Waals surface area contributed by atoms with Crippen LogP contribution in [0.3, 0.4) is 0 Å². The maximum atomic E-state index is 10.9. The molecule has 0 saturated carbocycles. The topological polar surface area (TPSA) is 55.0 Å². The second kappa shape index (κ2) is 3.63. The van der Waals surface area contributed by atoms with E-state index in [2.05, 4.69) is 19.1 Å². The third kappa shape index (κ3) is 2.12. The summed E-state index contributed by atoms with van der Waals surface area (Å²) in [5, 5.41) is 0.702. The van der Waals surface area contributed by atoms with E-state index in [0.29, 0.717) is 11.9 Å². The molecule has 0 fully saturated rings. The number of aromatic amines is 1. The van der Waals surface area contributed by atoms with Gasteiger partial charge in [0.05, 0.1) is 0 Å². The Morgan fingerprint density at radius 3 is 3.09 bits per heavy atom. The van der Waals surface area contributed by atoms with Crippen molar-refractivity contribution in [2.75, 3.05) is 6.61 Å². The number of aromatic nitrogens is 2. The van der Waals surface area contributed by atoms with Gasteiger partial charge in [-0.2, -0.15) is 0 Å². The van der Waals surface area contributed by atoms with Gasteiger partial charge in [0.15, 0.2) is 0 Å². The van der Waals surface area contributed by atoms with Gasteiger partial charge < -0.3 is 0 Å². The minimum absolute atomic E-state index is 0.247. The normalized spacial score (nSPS) is 9.27. The van der Waals surface area contributed by atoms with Crippen molar-refractivity contribution >= 4 is 27.6 Å². The average molecular weight is 170 g/mol. The molecule has 58 valence electrons. The van der Waals surface area contributed by atoms with E-state index in [1.165, 1.54) is 0 Å². The summed E-state index contributed by atoms with van der Waals surface area (Å²) in [7, 11) is 4.00. The Morgan fingerprint density at radius 1 is 1.91 bits per heavy atom. The maximum absolute atomic E-state index is 10.9. The van der Waals surface area contributed by atoms with Gasteiger partial charge in [-0.05, 0) is 0 Å². The Bertz CT molecular complexity index is 263. The summed E-state index contributed by atoms with van der Waals surface area (Å²) in [5.41, 5.74) is 0. The van der Waals surface area contributed by atoms with Crippen LogP contribution in [-0.4, -0.2) is 29.5 Å². The van der Waals surface area contributed by atoms with E-state index in [4.69, 9.17) is 4.74 Å². The summed E-state index contributed by atoms with van der Waals surface area (Å²) in [4.78, 5) is 17.5. The molecule has 0 spiro atoms. The molecule has 0 aliphatic rings. The molecule has 1 atom stereocenters. The van der Waals surface area contributed by atoms with Gasteiger partial charge in [0.2, 0.25) is 0 Å². The van der Waals surface area contributed by atoms with Crippen molar-refractivity contribution in [1.29, 1.82) is 0 Å². The molecule has 0 saturated heterocycles. The first-order valence-corrected chi connectivity index (χ1v) is 3.79. The first kappa shape index (κ1) is 8.40. The summed E-state index contributed by atoms with van der Waals surface area (Å²) in [5.74, 6) is -0.168. The van der Waals surface area contributed by atoms with Crippen LogP contribution in [0, 0.1) is 0 Å². The van der Waals surface area contributed by atoms with E-state index in [0.717, 1.165) is 0 Å². The van der Waals surface area contributed by atoms with Crippen LogP contribution < -0.4 is 5.33 Å². The summed E-state index contributed by atoms with van der Waals surface area (Å²) >= 11 is 0. The molecule has 0 aliphatic carbocycles. The predicted octanol–water partition coefficient (Wildman–Crippen LogP) is -0.575.